The van der Waals surface area contributed by atoms with Gasteiger partial charge in [-0.1, -0.05) is 19.8 Å². The number of benzene rings is 1. The second kappa shape index (κ2) is 7.30. The lowest BCUT2D eigenvalue weighted by atomic mass is 9.86. The highest BCUT2D eigenvalue weighted by molar-refractivity contribution is 7.80. The minimum Gasteiger partial charge on any atom is -0.359 e. The first-order valence-corrected chi connectivity index (χ1v) is 9.02. The van der Waals surface area contributed by atoms with Crippen LogP contribution in [0.25, 0.3) is 0 Å². The molecule has 1 heterocycles. The molecule has 0 radical (unpaired) electrons. The van der Waals surface area contributed by atoms with Crippen LogP contribution in [0.2, 0.25) is 0 Å². The van der Waals surface area contributed by atoms with Crippen molar-refractivity contribution in [2.75, 3.05) is 16.8 Å². The molecule has 1 aromatic carbocycles. The fourth-order valence-corrected chi connectivity index (χ4v) is 3.78. The molecule has 1 saturated heterocycles. The van der Waals surface area contributed by atoms with Crippen LogP contribution in [0.5, 0.6) is 0 Å². The molecule has 2 fully saturated rings. The lowest BCUT2D eigenvalue weighted by Gasteiger charge is -2.30. The van der Waals surface area contributed by atoms with Crippen molar-refractivity contribution in [1.82, 2.24) is 5.32 Å². The number of carbonyl (C=O) groups is 1. The quantitative estimate of drug-likeness (QED) is 0.829. The summed E-state index contributed by atoms with van der Waals surface area (Å²) in [5, 5.41) is 7.39. The first-order chi connectivity index (χ1) is 11.1. The van der Waals surface area contributed by atoms with E-state index in [0.29, 0.717) is 23.5 Å². The Labute approximate surface area is 143 Å². The van der Waals surface area contributed by atoms with Gasteiger partial charge in [0.2, 0.25) is 5.91 Å². The van der Waals surface area contributed by atoms with E-state index < -0.39 is 0 Å². The second-order valence-corrected chi connectivity index (χ2v) is 7.07. The first kappa shape index (κ1) is 16.2. The van der Waals surface area contributed by atoms with E-state index in [2.05, 4.69) is 17.6 Å². The molecule has 2 N–H and O–H groups in total. The highest BCUT2D eigenvalue weighted by Gasteiger charge is 2.22. The summed E-state index contributed by atoms with van der Waals surface area (Å²) in [4.78, 5) is 13.6. The van der Waals surface area contributed by atoms with Crippen LogP contribution in [0.15, 0.2) is 24.3 Å². The van der Waals surface area contributed by atoms with Crippen molar-refractivity contribution in [1.29, 1.82) is 0 Å². The van der Waals surface area contributed by atoms with Gasteiger partial charge in [0, 0.05) is 30.4 Å². The molecule has 3 rings (SSSR count). The van der Waals surface area contributed by atoms with Gasteiger partial charge >= 0.3 is 0 Å². The van der Waals surface area contributed by atoms with Crippen LogP contribution in [0, 0.1) is 5.92 Å². The van der Waals surface area contributed by atoms with Gasteiger partial charge in [-0.15, -0.1) is 0 Å². The van der Waals surface area contributed by atoms with Gasteiger partial charge in [-0.25, -0.2) is 0 Å². The van der Waals surface area contributed by atoms with Gasteiger partial charge in [-0.2, -0.15) is 0 Å². The summed E-state index contributed by atoms with van der Waals surface area (Å²) in [6, 6.07) is 8.41. The smallest absolute Gasteiger partial charge is 0.227 e. The zero-order valence-corrected chi connectivity index (χ0v) is 14.5. The molecule has 2 atom stereocenters. The maximum absolute atomic E-state index is 11.8. The number of hydrogen-bond donors (Lipinski definition) is 2. The van der Waals surface area contributed by atoms with E-state index in [0.717, 1.165) is 24.3 Å². The summed E-state index contributed by atoms with van der Waals surface area (Å²) in [7, 11) is 0. The molecular formula is C18H25N3OS. The van der Waals surface area contributed by atoms with Crippen LogP contribution in [-0.2, 0) is 4.79 Å². The van der Waals surface area contributed by atoms with Crippen LogP contribution >= 0.6 is 12.2 Å². The zero-order chi connectivity index (χ0) is 16.2. The van der Waals surface area contributed by atoms with Crippen molar-refractivity contribution in [2.45, 2.75) is 51.5 Å². The topological polar surface area (TPSA) is 44.4 Å². The average Bonchev–Trinajstić information content (AvgIpc) is 2.96. The number of hydrogen-bond acceptors (Lipinski definition) is 2. The molecule has 5 heteroatoms. The standard InChI is InChI=1S/C18H25N3OS/c1-13-5-2-3-6-16(13)20-18(23)19-14-8-10-15(11-9-14)21-12-4-7-17(21)22/h8-11,13,16H,2-7,12H2,1H3,(H2,19,20,23)/t13-,16-/m1/s1. The predicted octanol–water partition coefficient (Wildman–Crippen LogP) is 3.68. The molecule has 23 heavy (non-hydrogen) atoms. The highest BCUT2D eigenvalue weighted by Crippen LogP contribution is 2.25. The van der Waals surface area contributed by atoms with Crippen LogP contribution < -0.4 is 15.5 Å². The van der Waals surface area contributed by atoms with Crippen LogP contribution in [0.1, 0.15) is 45.4 Å². The Morgan fingerprint density at radius 1 is 1.17 bits per heavy atom. The van der Waals surface area contributed by atoms with Gasteiger partial charge < -0.3 is 15.5 Å². The van der Waals surface area contributed by atoms with Crippen molar-refractivity contribution >= 4 is 34.6 Å². The van der Waals surface area contributed by atoms with Gasteiger partial charge in [0.05, 0.1) is 0 Å². The van der Waals surface area contributed by atoms with Crippen molar-refractivity contribution < 1.29 is 4.79 Å². The molecule has 1 aromatic rings. The molecule has 124 valence electrons. The van der Waals surface area contributed by atoms with E-state index in [9.17, 15) is 4.79 Å². The van der Waals surface area contributed by atoms with Crippen LogP contribution in [-0.4, -0.2) is 23.6 Å². The van der Waals surface area contributed by atoms with Gasteiger partial charge in [0.15, 0.2) is 5.11 Å². The Morgan fingerprint density at radius 3 is 2.57 bits per heavy atom. The predicted molar refractivity (Wildman–Crippen MR) is 98.8 cm³/mol. The molecule has 0 spiro atoms. The SMILES string of the molecule is C[C@@H]1CCCC[C@H]1NC(=S)Nc1ccc(N2CCCC2=O)cc1. The molecule has 1 amide bonds. The number of thiocarbonyl (C=S) groups is 1. The van der Waals surface area contributed by atoms with E-state index in [1.165, 1.54) is 25.7 Å². The van der Waals surface area contributed by atoms with Crippen molar-refractivity contribution in [3.05, 3.63) is 24.3 Å². The highest BCUT2D eigenvalue weighted by atomic mass is 32.1. The summed E-state index contributed by atoms with van der Waals surface area (Å²) in [5.74, 6) is 0.890. The van der Waals surface area contributed by atoms with Crippen molar-refractivity contribution in [2.24, 2.45) is 5.92 Å². The van der Waals surface area contributed by atoms with E-state index in [-0.39, 0.29) is 5.91 Å². The normalized spacial score (nSPS) is 24.6. The molecular weight excluding hydrogens is 306 g/mol. The lowest BCUT2D eigenvalue weighted by molar-refractivity contribution is -0.117. The summed E-state index contributed by atoms with van der Waals surface area (Å²) in [6.45, 7) is 3.12. The molecule has 1 aliphatic carbocycles. The molecule has 0 aromatic heterocycles. The third-order valence-electron chi connectivity index (χ3n) is 4.94. The monoisotopic (exact) mass is 331 g/mol. The molecule has 4 nitrogen and oxygen atoms in total. The van der Waals surface area contributed by atoms with Gasteiger partial charge in [0.1, 0.15) is 0 Å². The number of amides is 1. The largest absolute Gasteiger partial charge is 0.359 e. The number of nitrogens with one attached hydrogen (secondary N) is 2. The van der Waals surface area contributed by atoms with E-state index in [1.807, 2.05) is 29.2 Å². The van der Waals surface area contributed by atoms with Gasteiger partial charge in [0.25, 0.3) is 0 Å². The second-order valence-electron chi connectivity index (χ2n) is 6.66. The number of nitrogens with zero attached hydrogens (tertiary/aromatic N) is 1. The Hall–Kier alpha value is -1.62. The van der Waals surface area contributed by atoms with Crippen LogP contribution in [0.4, 0.5) is 11.4 Å². The summed E-state index contributed by atoms with van der Waals surface area (Å²) in [6.07, 6.45) is 6.69. The average molecular weight is 331 g/mol. The number of carbonyl (C=O) groups excluding carboxylic acids is 1. The maximum atomic E-state index is 11.8. The van der Waals surface area contributed by atoms with E-state index in [4.69, 9.17) is 12.2 Å². The Bertz CT molecular complexity index is 572. The minimum atomic E-state index is 0.217. The molecule has 1 saturated carbocycles. The number of rotatable bonds is 3. The Kier molecular flexibility index (Phi) is 5.16. The van der Waals surface area contributed by atoms with Crippen molar-refractivity contribution in [3.63, 3.8) is 0 Å². The lowest BCUT2D eigenvalue weighted by Crippen LogP contribution is -2.43. The summed E-state index contributed by atoms with van der Waals surface area (Å²) in [5.41, 5.74) is 1.93. The fourth-order valence-electron chi connectivity index (χ4n) is 3.51. The first-order valence-electron chi connectivity index (χ1n) is 8.61. The third kappa shape index (κ3) is 4.02. The minimum absolute atomic E-state index is 0.217. The molecule has 1 aliphatic heterocycles. The summed E-state index contributed by atoms with van der Waals surface area (Å²) >= 11 is 5.44. The zero-order valence-electron chi connectivity index (χ0n) is 13.7. The Balaban J connectivity index is 1.55. The molecule has 0 bridgehead atoms. The number of anilines is 2. The van der Waals surface area contributed by atoms with Gasteiger partial charge in [-0.3, -0.25) is 4.79 Å². The molecule has 0 unspecified atom stereocenters. The maximum Gasteiger partial charge on any atom is 0.227 e. The third-order valence-corrected chi connectivity index (χ3v) is 5.16. The van der Waals surface area contributed by atoms with Crippen molar-refractivity contribution in [3.8, 4) is 0 Å². The fraction of sp³-hybridized carbons (Fsp3) is 0.556. The van der Waals surface area contributed by atoms with E-state index in [1.54, 1.807) is 0 Å². The molecule has 2 aliphatic rings. The van der Waals surface area contributed by atoms with Crippen LogP contribution in [0.3, 0.4) is 0 Å². The summed E-state index contributed by atoms with van der Waals surface area (Å²) < 4.78 is 0. The van der Waals surface area contributed by atoms with Gasteiger partial charge in [-0.05, 0) is 61.7 Å². The Morgan fingerprint density at radius 2 is 1.91 bits per heavy atom. The van der Waals surface area contributed by atoms with E-state index >= 15 is 0 Å².